The Labute approximate surface area is 77.5 Å². The summed E-state index contributed by atoms with van der Waals surface area (Å²) in [5, 5.41) is 4.88. The van der Waals surface area contributed by atoms with Gasteiger partial charge in [-0.2, -0.15) is 0 Å². The molecule has 1 unspecified atom stereocenters. The molecule has 1 radical (unpaired) electrons. The van der Waals surface area contributed by atoms with Gasteiger partial charge in [-0.05, 0) is 19.1 Å². The van der Waals surface area contributed by atoms with Crippen molar-refractivity contribution < 1.29 is 4.74 Å². The Morgan fingerprint density at radius 2 is 2.08 bits per heavy atom. The summed E-state index contributed by atoms with van der Waals surface area (Å²) in [6, 6.07) is 7.44. The first-order chi connectivity index (χ1) is 5.74. The summed E-state index contributed by atoms with van der Waals surface area (Å²) in [6.07, 6.45) is -0.148. The second kappa shape index (κ2) is 4.33. The Kier molecular flexibility index (Phi) is 3.38. The van der Waals surface area contributed by atoms with Crippen molar-refractivity contribution in [1.82, 2.24) is 5.32 Å². The molecule has 0 amide bonds. The van der Waals surface area contributed by atoms with E-state index < -0.39 is 0 Å². The van der Waals surface area contributed by atoms with Crippen LogP contribution < -0.4 is 5.32 Å². The van der Waals surface area contributed by atoms with E-state index in [4.69, 9.17) is 16.3 Å². The number of hydrogen-bond acceptors (Lipinski definition) is 1. The van der Waals surface area contributed by atoms with E-state index in [2.05, 4.69) is 5.32 Å². The third-order valence-corrected chi connectivity index (χ3v) is 1.83. The molecule has 0 aliphatic carbocycles. The summed E-state index contributed by atoms with van der Waals surface area (Å²) < 4.78 is 4.98. The van der Waals surface area contributed by atoms with Crippen LogP contribution in [0, 0.1) is 0 Å². The molecule has 65 valence electrons. The SMILES string of the molecule is COC(C)[N]c1ccccc1Cl. The summed E-state index contributed by atoms with van der Waals surface area (Å²) in [5.41, 5.74) is 0.772. The van der Waals surface area contributed by atoms with Crippen molar-refractivity contribution in [2.24, 2.45) is 0 Å². The minimum Gasteiger partial charge on any atom is -0.360 e. The highest BCUT2D eigenvalue weighted by molar-refractivity contribution is 6.32. The van der Waals surface area contributed by atoms with Crippen LogP contribution in [0.5, 0.6) is 0 Å². The van der Waals surface area contributed by atoms with Gasteiger partial charge in [0, 0.05) is 7.11 Å². The van der Waals surface area contributed by atoms with Gasteiger partial charge in [0.05, 0.1) is 10.7 Å². The maximum Gasteiger partial charge on any atom is 0.145 e. The van der Waals surface area contributed by atoms with Crippen LogP contribution in [0.4, 0.5) is 5.69 Å². The summed E-state index contributed by atoms with van der Waals surface area (Å²) in [4.78, 5) is 0. The predicted molar refractivity (Wildman–Crippen MR) is 49.7 cm³/mol. The normalized spacial score (nSPS) is 12.6. The Morgan fingerprint density at radius 3 is 2.67 bits per heavy atom. The van der Waals surface area contributed by atoms with E-state index in [9.17, 15) is 0 Å². The van der Waals surface area contributed by atoms with E-state index in [1.165, 1.54) is 0 Å². The molecule has 2 nitrogen and oxygen atoms in total. The zero-order chi connectivity index (χ0) is 8.97. The van der Waals surface area contributed by atoms with Crippen LogP contribution in [0.2, 0.25) is 5.02 Å². The lowest BCUT2D eigenvalue weighted by atomic mass is 10.3. The van der Waals surface area contributed by atoms with Crippen molar-refractivity contribution in [3.63, 3.8) is 0 Å². The van der Waals surface area contributed by atoms with E-state index in [1.54, 1.807) is 7.11 Å². The van der Waals surface area contributed by atoms with Crippen LogP contribution in [0.3, 0.4) is 0 Å². The van der Waals surface area contributed by atoms with Gasteiger partial charge in [-0.25, -0.2) is 0 Å². The number of rotatable bonds is 3. The van der Waals surface area contributed by atoms with Crippen LogP contribution in [0.15, 0.2) is 24.3 Å². The first-order valence-corrected chi connectivity index (χ1v) is 4.10. The summed E-state index contributed by atoms with van der Waals surface area (Å²) in [5.74, 6) is 0. The molecule has 0 bridgehead atoms. The smallest absolute Gasteiger partial charge is 0.145 e. The third-order valence-electron chi connectivity index (χ3n) is 1.51. The molecule has 0 heterocycles. The highest BCUT2D eigenvalue weighted by Crippen LogP contribution is 2.21. The molecule has 0 fully saturated rings. The number of benzene rings is 1. The van der Waals surface area contributed by atoms with Crippen molar-refractivity contribution in [2.75, 3.05) is 7.11 Å². The number of ether oxygens (including phenoxy) is 1. The predicted octanol–water partition coefficient (Wildman–Crippen LogP) is 2.57. The first kappa shape index (κ1) is 9.36. The molecule has 1 aromatic rings. The molecule has 1 aromatic carbocycles. The van der Waals surface area contributed by atoms with Crippen LogP contribution >= 0.6 is 11.6 Å². The van der Waals surface area contributed by atoms with Crippen molar-refractivity contribution in [3.8, 4) is 0 Å². The van der Waals surface area contributed by atoms with E-state index in [1.807, 2.05) is 31.2 Å². The van der Waals surface area contributed by atoms with Crippen LogP contribution in [-0.4, -0.2) is 13.3 Å². The zero-order valence-electron chi connectivity index (χ0n) is 7.12. The topological polar surface area (TPSA) is 23.3 Å². The van der Waals surface area contributed by atoms with E-state index in [0.29, 0.717) is 5.02 Å². The zero-order valence-corrected chi connectivity index (χ0v) is 7.88. The van der Waals surface area contributed by atoms with Crippen molar-refractivity contribution in [3.05, 3.63) is 29.3 Å². The van der Waals surface area contributed by atoms with Gasteiger partial charge >= 0.3 is 0 Å². The lowest BCUT2D eigenvalue weighted by molar-refractivity contribution is 0.101. The Morgan fingerprint density at radius 1 is 1.42 bits per heavy atom. The lowest BCUT2D eigenvalue weighted by Gasteiger charge is -2.10. The number of methoxy groups -OCH3 is 1. The molecular formula is C9H11ClNO. The molecule has 0 aliphatic rings. The summed E-state index contributed by atoms with van der Waals surface area (Å²) in [7, 11) is 1.62. The van der Waals surface area contributed by atoms with Crippen molar-refractivity contribution in [1.29, 1.82) is 0 Å². The average Bonchev–Trinajstić information content (AvgIpc) is 2.09. The molecule has 1 atom stereocenters. The standard InChI is InChI=1S/C9H11ClNO/c1-7(12-2)11-9-6-4-3-5-8(9)10/h3-7H,1-2H3. The first-order valence-electron chi connectivity index (χ1n) is 3.72. The molecule has 1 rings (SSSR count). The second-order valence-corrected chi connectivity index (χ2v) is 2.82. The van der Waals surface area contributed by atoms with Crippen LogP contribution in [0.25, 0.3) is 0 Å². The van der Waals surface area contributed by atoms with Gasteiger partial charge in [-0.1, -0.05) is 23.7 Å². The Bertz CT molecular complexity index is 252. The van der Waals surface area contributed by atoms with Crippen LogP contribution in [0.1, 0.15) is 6.92 Å². The van der Waals surface area contributed by atoms with Crippen molar-refractivity contribution >= 4 is 17.3 Å². The fourth-order valence-electron chi connectivity index (χ4n) is 0.805. The fraction of sp³-hybridized carbons (Fsp3) is 0.333. The monoisotopic (exact) mass is 184 g/mol. The average molecular weight is 185 g/mol. The highest BCUT2D eigenvalue weighted by atomic mass is 35.5. The van der Waals surface area contributed by atoms with Crippen molar-refractivity contribution in [2.45, 2.75) is 13.2 Å². The maximum atomic E-state index is 5.88. The van der Waals surface area contributed by atoms with E-state index >= 15 is 0 Å². The van der Waals surface area contributed by atoms with Gasteiger partial charge < -0.3 is 4.74 Å². The van der Waals surface area contributed by atoms with Gasteiger partial charge in [-0.3, -0.25) is 5.32 Å². The quantitative estimate of drug-likeness (QED) is 0.708. The van der Waals surface area contributed by atoms with Gasteiger partial charge in [-0.15, -0.1) is 0 Å². The molecule has 0 spiro atoms. The minimum absolute atomic E-state index is 0.148. The van der Waals surface area contributed by atoms with Gasteiger partial charge in [0.1, 0.15) is 6.23 Å². The number of para-hydroxylation sites is 1. The molecule has 0 saturated carbocycles. The molecule has 0 N–H and O–H groups in total. The van der Waals surface area contributed by atoms with Gasteiger partial charge in [0.25, 0.3) is 0 Å². The molecule has 0 aliphatic heterocycles. The largest absolute Gasteiger partial charge is 0.360 e. The number of halogens is 1. The number of hydrogen-bond donors (Lipinski definition) is 0. The van der Waals surface area contributed by atoms with E-state index in [-0.39, 0.29) is 6.23 Å². The van der Waals surface area contributed by atoms with E-state index in [0.717, 1.165) is 5.69 Å². The highest BCUT2D eigenvalue weighted by Gasteiger charge is 2.04. The Balaban J connectivity index is 2.69. The Hall–Kier alpha value is -0.730. The molecular weight excluding hydrogens is 174 g/mol. The molecule has 12 heavy (non-hydrogen) atoms. The molecule has 0 saturated heterocycles. The molecule has 0 aromatic heterocycles. The maximum absolute atomic E-state index is 5.88. The van der Waals surface area contributed by atoms with Gasteiger partial charge in [0.15, 0.2) is 0 Å². The van der Waals surface area contributed by atoms with Gasteiger partial charge in [0.2, 0.25) is 0 Å². The summed E-state index contributed by atoms with van der Waals surface area (Å²) in [6.45, 7) is 1.86. The minimum atomic E-state index is -0.148. The molecule has 3 heteroatoms. The second-order valence-electron chi connectivity index (χ2n) is 2.42. The third kappa shape index (κ3) is 2.40. The van der Waals surface area contributed by atoms with Crippen LogP contribution in [-0.2, 0) is 4.74 Å². The summed E-state index contributed by atoms with van der Waals surface area (Å²) >= 11 is 5.88. The lowest BCUT2D eigenvalue weighted by Crippen LogP contribution is -2.15. The number of nitrogens with zero attached hydrogens (tertiary/aromatic N) is 1. The fourth-order valence-corrected chi connectivity index (χ4v) is 0.990.